The molecule has 6 rings (SSSR count). The van der Waals surface area contributed by atoms with Gasteiger partial charge >= 0.3 is 20.4 Å². The van der Waals surface area contributed by atoms with Gasteiger partial charge in [-0.05, 0) is 65.2 Å². The van der Waals surface area contributed by atoms with E-state index in [9.17, 15) is 0 Å². The predicted molar refractivity (Wildman–Crippen MR) is 183 cm³/mol. The van der Waals surface area contributed by atoms with Gasteiger partial charge in [0.05, 0.1) is 10.1 Å². The molecule has 7 heteroatoms. The van der Waals surface area contributed by atoms with Crippen LogP contribution in [0.3, 0.4) is 0 Å². The molecule has 0 bridgehead atoms. The maximum absolute atomic E-state index is 9.08. The summed E-state index contributed by atoms with van der Waals surface area (Å²) in [4.78, 5) is 0. The van der Waals surface area contributed by atoms with E-state index in [0.29, 0.717) is 6.26 Å². The minimum absolute atomic E-state index is 0. The largest absolute Gasteiger partial charge is 2.00 e. The second-order valence-electron chi connectivity index (χ2n) is 11.4. The fourth-order valence-electron chi connectivity index (χ4n) is 6.27. The van der Waals surface area contributed by atoms with Crippen molar-refractivity contribution < 1.29 is 33.4 Å². The van der Waals surface area contributed by atoms with Gasteiger partial charge < -0.3 is 10.3 Å². The molecule has 4 nitrogen and oxygen atoms in total. The van der Waals surface area contributed by atoms with Crippen LogP contribution in [0, 0.1) is 6.07 Å². The molecule has 0 aromatic heterocycles. The zero-order valence-electron chi connectivity index (χ0n) is 25.5. The maximum Gasteiger partial charge on any atom is 2.00 e. The van der Waals surface area contributed by atoms with E-state index in [-0.39, 0.29) is 28.3 Å². The van der Waals surface area contributed by atoms with Crippen LogP contribution in [0.5, 0.6) is 0 Å². The van der Waals surface area contributed by atoms with Crippen LogP contribution < -0.4 is 11.0 Å². The van der Waals surface area contributed by atoms with Crippen molar-refractivity contribution in [1.29, 1.82) is 0 Å². The minimum atomic E-state index is -3.92. The topological polar surface area (TPSA) is 83.2 Å². The van der Waals surface area contributed by atoms with E-state index in [1.54, 1.807) is 5.30 Å². The predicted octanol–water partition coefficient (Wildman–Crippen LogP) is 9.02. The van der Waals surface area contributed by atoms with Gasteiger partial charge in [0.15, 0.2) is 0 Å². The second kappa shape index (κ2) is 18.6. The van der Waals surface area contributed by atoms with Crippen LogP contribution in [0.15, 0.2) is 103 Å². The van der Waals surface area contributed by atoms with Gasteiger partial charge in [-0.1, -0.05) is 125 Å². The minimum Gasteiger partial charge on any atom is -0.748 e. The standard InChI is InChI=1S/C24H31P.C12H10N.CH4O3S.Pd/c1-4-12-20(13-5-1)23-18-10-11-19-24(23)25(21-14-6-2-7-15-21)22-16-8-3-9-17-22;13-12-9-5-4-8-11(12)10-6-2-1-3-7-10;1-5(2,3)4;/h1,4-5,10-13,18-19,21-22H,2-3,6-9,14-17H2;1-6,8-9H,13H2;1H3,(H,2,3,4);/q;-1;;+2/p-1. The molecule has 4 aromatic carbocycles. The van der Waals surface area contributed by atoms with Crippen LogP contribution in [0.25, 0.3) is 22.3 Å². The van der Waals surface area contributed by atoms with Gasteiger partial charge in [-0.25, -0.2) is 8.42 Å². The summed E-state index contributed by atoms with van der Waals surface area (Å²) < 4.78 is 27.2. The fourth-order valence-corrected chi connectivity index (χ4v) is 10.2. The molecule has 44 heavy (non-hydrogen) atoms. The summed E-state index contributed by atoms with van der Waals surface area (Å²) in [5.41, 5.74) is 13.6. The summed E-state index contributed by atoms with van der Waals surface area (Å²) in [5.74, 6) is 0. The molecule has 0 unspecified atom stereocenters. The van der Waals surface area contributed by atoms with Gasteiger partial charge in [-0.3, -0.25) is 0 Å². The Hall–Kier alpha value is -2.32. The Kier molecular flexibility index (Phi) is 15.3. The zero-order chi connectivity index (χ0) is 30.5. The monoisotopic (exact) mass is 719 g/mol. The summed E-state index contributed by atoms with van der Waals surface area (Å²) in [7, 11) is -3.95. The van der Waals surface area contributed by atoms with Gasteiger partial charge in [-0.15, -0.1) is 35.9 Å². The van der Waals surface area contributed by atoms with Crippen LogP contribution >= 0.6 is 7.92 Å². The molecular formula is C37H44NO3PPdS. The average Bonchev–Trinajstić information content (AvgIpc) is 3.03. The van der Waals surface area contributed by atoms with Crippen molar-refractivity contribution in [1.82, 2.24) is 0 Å². The molecule has 236 valence electrons. The molecule has 2 fully saturated rings. The molecular weight excluding hydrogens is 676 g/mol. The maximum atomic E-state index is 9.08. The first-order valence-corrected chi connectivity index (χ1v) is 18.8. The molecule has 0 heterocycles. The molecule has 0 aliphatic heterocycles. The molecule has 2 N–H and O–H groups in total. The molecule has 0 atom stereocenters. The SMILES string of the molecule is CS(=O)(=O)[O-].Nc1ccccc1-c1[c-]cccc1.[Pd+2].c1ccc(-c2ccccc2P(C2CCCCC2)C2CCCCC2)cc1. The van der Waals surface area contributed by atoms with Crippen LogP contribution in [-0.4, -0.2) is 30.5 Å². The van der Waals surface area contributed by atoms with E-state index in [1.807, 2.05) is 48.5 Å². The van der Waals surface area contributed by atoms with Gasteiger partial charge in [0.1, 0.15) is 0 Å². The molecule has 4 aromatic rings. The van der Waals surface area contributed by atoms with Crippen molar-refractivity contribution in [3.8, 4) is 22.3 Å². The first-order valence-electron chi connectivity index (χ1n) is 15.5. The molecule has 0 amide bonds. The quantitative estimate of drug-likeness (QED) is 0.0734. The molecule has 0 radical (unpaired) electrons. The zero-order valence-corrected chi connectivity index (χ0v) is 28.8. The third-order valence-electron chi connectivity index (χ3n) is 8.16. The average molecular weight is 720 g/mol. The van der Waals surface area contributed by atoms with Crippen LogP contribution in [-0.2, 0) is 30.5 Å². The van der Waals surface area contributed by atoms with Gasteiger partial charge in [-0.2, -0.15) is 0 Å². The van der Waals surface area contributed by atoms with Crippen LogP contribution in [0.4, 0.5) is 5.69 Å². The van der Waals surface area contributed by atoms with Crippen molar-refractivity contribution in [2.45, 2.75) is 75.5 Å². The second-order valence-corrected chi connectivity index (χ2v) is 15.6. The molecule has 0 saturated heterocycles. The number of hydrogen-bond acceptors (Lipinski definition) is 4. The summed E-state index contributed by atoms with van der Waals surface area (Å²) >= 11 is 0. The number of rotatable bonds is 5. The number of benzene rings is 4. The van der Waals surface area contributed by atoms with Crippen LogP contribution in [0.1, 0.15) is 64.2 Å². The van der Waals surface area contributed by atoms with Gasteiger partial charge in [0.2, 0.25) is 0 Å². The van der Waals surface area contributed by atoms with Crippen molar-refractivity contribution in [3.63, 3.8) is 0 Å². The smallest absolute Gasteiger partial charge is 0.748 e. The number of nitrogen functional groups attached to an aromatic ring is 1. The van der Waals surface area contributed by atoms with Crippen molar-refractivity contribution in [3.05, 3.63) is 109 Å². The molecule has 2 aliphatic carbocycles. The van der Waals surface area contributed by atoms with E-state index >= 15 is 0 Å². The summed E-state index contributed by atoms with van der Waals surface area (Å²) in [6.07, 6.45) is 15.3. The van der Waals surface area contributed by atoms with Crippen molar-refractivity contribution >= 4 is 29.0 Å². The Morgan fingerprint density at radius 2 is 1.16 bits per heavy atom. The Bertz CT molecular complexity index is 1460. The fraction of sp³-hybridized carbons (Fsp3) is 0.351. The van der Waals surface area contributed by atoms with Crippen molar-refractivity contribution in [2.24, 2.45) is 0 Å². The first-order chi connectivity index (χ1) is 20.8. The Morgan fingerprint density at radius 3 is 1.68 bits per heavy atom. The number of nitrogens with two attached hydrogens (primary N) is 1. The van der Waals surface area contributed by atoms with Crippen molar-refractivity contribution in [2.75, 3.05) is 12.0 Å². The molecule has 2 aliphatic rings. The van der Waals surface area contributed by atoms with Gasteiger partial charge in [0, 0.05) is 6.26 Å². The summed E-state index contributed by atoms with van der Waals surface area (Å²) in [6, 6.07) is 39.3. The Morgan fingerprint density at radius 1 is 0.682 bits per heavy atom. The van der Waals surface area contributed by atoms with E-state index in [1.165, 1.54) is 75.3 Å². The molecule has 2 saturated carbocycles. The third-order valence-corrected chi connectivity index (χ3v) is 11.7. The first kappa shape index (κ1) is 36.2. The molecule has 0 spiro atoms. The third kappa shape index (κ3) is 11.6. The number of para-hydroxylation sites is 1. The summed E-state index contributed by atoms with van der Waals surface area (Å²) in [5, 5.41) is 1.71. The Labute approximate surface area is 280 Å². The summed E-state index contributed by atoms with van der Waals surface area (Å²) in [6.45, 7) is 0. The van der Waals surface area contributed by atoms with E-state index < -0.39 is 10.1 Å². The van der Waals surface area contributed by atoms with Gasteiger partial charge in [0.25, 0.3) is 0 Å². The van der Waals surface area contributed by atoms with E-state index in [4.69, 9.17) is 18.7 Å². The number of anilines is 1. The Balaban J connectivity index is 0.000000233. The van der Waals surface area contributed by atoms with E-state index in [2.05, 4.69) is 60.7 Å². The van der Waals surface area contributed by atoms with Crippen LogP contribution in [0.2, 0.25) is 0 Å². The normalized spacial score (nSPS) is 15.6. The van der Waals surface area contributed by atoms with E-state index in [0.717, 1.165) is 28.1 Å². The number of hydrogen-bond donors (Lipinski definition) is 1.